The fourth-order valence-corrected chi connectivity index (χ4v) is 2.23. The largest absolute Gasteiger partial charge is 0.489 e. The van der Waals surface area contributed by atoms with Gasteiger partial charge in [0.1, 0.15) is 24.0 Å². The van der Waals surface area contributed by atoms with Crippen LogP contribution in [0.2, 0.25) is 0 Å². The Morgan fingerprint density at radius 1 is 1.15 bits per heavy atom. The molecule has 106 valence electrons. The SMILES string of the molecule is CNCc1cc(F)cc(OCc2cc(Br)ccc2F)c1. The summed E-state index contributed by atoms with van der Waals surface area (Å²) in [5.74, 6) is -0.336. The Kier molecular flexibility index (Phi) is 5.09. The van der Waals surface area contributed by atoms with E-state index in [-0.39, 0.29) is 18.2 Å². The first-order valence-corrected chi connectivity index (χ1v) is 6.88. The molecule has 0 spiro atoms. The van der Waals surface area contributed by atoms with E-state index in [4.69, 9.17) is 4.74 Å². The monoisotopic (exact) mass is 341 g/mol. The van der Waals surface area contributed by atoms with Crippen molar-refractivity contribution < 1.29 is 13.5 Å². The Morgan fingerprint density at radius 3 is 2.70 bits per heavy atom. The second-order valence-electron chi connectivity index (χ2n) is 4.35. The Bertz CT molecular complexity index is 604. The average Bonchev–Trinajstić information content (AvgIpc) is 2.40. The van der Waals surface area contributed by atoms with Gasteiger partial charge in [0, 0.05) is 22.6 Å². The summed E-state index contributed by atoms with van der Waals surface area (Å²) in [6.07, 6.45) is 0. The molecule has 0 saturated carbocycles. The van der Waals surface area contributed by atoms with Crippen molar-refractivity contribution in [2.24, 2.45) is 0 Å². The molecule has 1 N–H and O–H groups in total. The molecule has 0 saturated heterocycles. The number of nitrogens with one attached hydrogen (secondary N) is 1. The molecule has 0 unspecified atom stereocenters. The Labute approximate surface area is 124 Å². The Morgan fingerprint density at radius 2 is 1.95 bits per heavy atom. The van der Waals surface area contributed by atoms with Crippen molar-refractivity contribution in [1.82, 2.24) is 5.32 Å². The molecule has 0 amide bonds. The number of hydrogen-bond donors (Lipinski definition) is 1. The summed E-state index contributed by atoms with van der Waals surface area (Å²) in [6, 6.07) is 9.07. The zero-order chi connectivity index (χ0) is 14.5. The van der Waals surface area contributed by atoms with Gasteiger partial charge in [-0.15, -0.1) is 0 Å². The molecule has 2 rings (SSSR count). The zero-order valence-corrected chi connectivity index (χ0v) is 12.5. The van der Waals surface area contributed by atoms with Crippen LogP contribution in [0.15, 0.2) is 40.9 Å². The predicted octanol–water partition coefficient (Wildman–Crippen LogP) is 4.03. The molecule has 2 aromatic rings. The second kappa shape index (κ2) is 6.81. The summed E-state index contributed by atoms with van der Waals surface area (Å²) < 4.78 is 33.2. The fourth-order valence-electron chi connectivity index (χ4n) is 1.83. The van der Waals surface area contributed by atoms with Crippen LogP contribution >= 0.6 is 15.9 Å². The van der Waals surface area contributed by atoms with Crippen molar-refractivity contribution >= 4 is 15.9 Å². The lowest BCUT2D eigenvalue weighted by Gasteiger charge is -2.09. The fraction of sp³-hybridized carbons (Fsp3) is 0.200. The molecule has 0 aromatic heterocycles. The highest BCUT2D eigenvalue weighted by Gasteiger charge is 2.06. The van der Waals surface area contributed by atoms with E-state index < -0.39 is 0 Å². The molecule has 0 aliphatic carbocycles. The first-order valence-electron chi connectivity index (χ1n) is 6.09. The van der Waals surface area contributed by atoms with Crippen molar-refractivity contribution in [2.45, 2.75) is 13.2 Å². The van der Waals surface area contributed by atoms with Crippen LogP contribution in [0.25, 0.3) is 0 Å². The number of benzene rings is 2. The van der Waals surface area contributed by atoms with Crippen molar-refractivity contribution in [3.63, 3.8) is 0 Å². The highest BCUT2D eigenvalue weighted by molar-refractivity contribution is 9.10. The number of halogens is 3. The second-order valence-corrected chi connectivity index (χ2v) is 5.27. The first kappa shape index (κ1) is 14.9. The van der Waals surface area contributed by atoms with E-state index in [2.05, 4.69) is 21.2 Å². The van der Waals surface area contributed by atoms with Crippen molar-refractivity contribution in [1.29, 1.82) is 0 Å². The van der Waals surface area contributed by atoms with Crippen molar-refractivity contribution in [3.05, 3.63) is 63.6 Å². The van der Waals surface area contributed by atoms with Gasteiger partial charge in [0.15, 0.2) is 0 Å². The van der Waals surface area contributed by atoms with Gasteiger partial charge >= 0.3 is 0 Å². The third-order valence-corrected chi connectivity index (χ3v) is 3.21. The molecule has 20 heavy (non-hydrogen) atoms. The van der Waals surface area contributed by atoms with Gasteiger partial charge in [-0.1, -0.05) is 15.9 Å². The minimum atomic E-state index is -0.373. The maximum atomic E-state index is 13.6. The summed E-state index contributed by atoms with van der Waals surface area (Å²) in [5, 5.41) is 2.94. The lowest BCUT2D eigenvalue weighted by molar-refractivity contribution is 0.298. The van der Waals surface area contributed by atoms with Crippen LogP contribution in [0.3, 0.4) is 0 Å². The first-order chi connectivity index (χ1) is 9.58. The van der Waals surface area contributed by atoms with Crippen LogP contribution in [0.5, 0.6) is 5.75 Å². The highest BCUT2D eigenvalue weighted by atomic mass is 79.9. The van der Waals surface area contributed by atoms with Crippen molar-refractivity contribution in [3.8, 4) is 5.75 Å². The number of hydrogen-bond acceptors (Lipinski definition) is 2. The van der Waals surface area contributed by atoms with Gasteiger partial charge in [0.2, 0.25) is 0 Å². The van der Waals surface area contributed by atoms with Crippen LogP contribution in [0.1, 0.15) is 11.1 Å². The maximum Gasteiger partial charge on any atom is 0.129 e. The molecular weight excluding hydrogens is 328 g/mol. The summed E-state index contributed by atoms with van der Waals surface area (Å²) in [7, 11) is 1.78. The van der Waals surface area contributed by atoms with Gasteiger partial charge in [-0.3, -0.25) is 0 Å². The smallest absolute Gasteiger partial charge is 0.129 e. The van der Waals surface area contributed by atoms with E-state index in [0.717, 1.165) is 10.0 Å². The number of rotatable bonds is 5. The molecule has 2 aromatic carbocycles. The van der Waals surface area contributed by atoms with Crippen LogP contribution < -0.4 is 10.1 Å². The maximum absolute atomic E-state index is 13.6. The Hall–Kier alpha value is -1.46. The van der Waals surface area contributed by atoms with Crippen LogP contribution in [0, 0.1) is 11.6 Å². The topological polar surface area (TPSA) is 21.3 Å². The molecule has 0 fully saturated rings. The molecule has 0 bridgehead atoms. The third-order valence-electron chi connectivity index (χ3n) is 2.71. The molecule has 5 heteroatoms. The summed E-state index contributed by atoms with van der Waals surface area (Å²) in [5.41, 5.74) is 1.19. The van der Waals surface area contributed by atoms with Gasteiger partial charge < -0.3 is 10.1 Å². The zero-order valence-electron chi connectivity index (χ0n) is 10.9. The molecule has 0 aliphatic heterocycles. The summed E-state index contributed by atoms with van der Waals surface area (Å²) >= 11 is 3.28. The lowest BCUT2D eigenvalue weighted by Crippen LogP contribution is -2.06. The van der Waals surface area contributed by atoms with E-state index in [1.807, 2.05) is 0 Å². The molecule has 0 atom stereocenters. The number of ether oxygens (including phenoxy) is 1. The van der Waals surface area contributed by atoms with Gasteiger partial charge in [-0.2, -0.15) is 0 Å². The lowest BCUT2D eigenvalue weighted by atomic mass is 10.2. The summed E-state index contributed by atoms with van der Waals surface area (Å²) in [6.45, 7) is 0.590. The quantitative estimate of drug-likeness (QED) is 0.886. The predicted molar refractivity (Wildman–Crippen MR) is 77.6 cm³/mol. The highest BCUT2D eigenvalue weighted by Crippen LogP contribution is 2.20. The van der Waals surface area contributed by atoms with Crippen LogP contribution in [-0.4, -0.2) is 7.05 Å². The van der Waals surface area contributed by atoms with E-state index in [1.54, 1.807) is 25.2 Å². The summed E-state index contributed by atoms with van der Waals surface area (Å²) in [4.78, 5) is 0. The van der Waals surface area contributed by atoms with Gasteiger partial charge in [-0.05, 0) is 42.9 Å². The molecule has 0 aliphatic rings. The normalized spacial score (nSPS) is 10.6. The minimum Gasteiger partial charge on any atom is -0.489 e. The van der Waals surface area contributed by atoms with Gasteiger partial charge in [-0.25, -0.2) is 8.78 Å². The van der Waals surface area contributed by atoms with Crippen LogP contribution in [-0.2, 0) is 13.2 Å². The van der Waals surface area contributed by atoms with Crippen LogP contribution in [0.4, 0.5) is 8.78 Å². The van der Waals surface area contributed by atoms with E-state index in [9.17, 15) is 8.78 Å². The Balaban J connectivity index is 2.12. The van der Waals surface area contributed by atoms with Crippen molar-refractivity contribution in [2.75, 3.05) is 7.05 Å². The minimum absolute atomic E-state index is 0.0493. The molecule has 0 heterocycles. The van der Waals surface area contributed by atoms with E-state index in [0.29, 0.717) is 17.9 Å². The molecule has 0 radical (unpaired) electrons. The van der Waals surface area contributed by atoms with Gasteiger partial charge in [0.05, 0.1) is 0 Å². The van der Waals surface area contributed by atoms with E-state index >= 15 is 0 Å². The molecule has 2 nitrogen and oxygen atoms in total. The van der Waals surface area contributed by atoms with Gasteiger partial charge in [0.25, 0.3) is 0 Å². The molecular formula is C15H14BrF2NO. The third kappa shape index (κ3) is 4.02. The average molecular weight is 342 g/mol. The standard InChI is InChI=1S/C15H14BrF2NO/c1-19-8-10-4-13(17)7-14(5-10)20-9-11-6-12(16)2-3-15(11)18/h2-7,19H,8-9H2,1H3. The van der Waals surface area contributed by atoms with E-state index in [1.165, 1.54) is 18.2 Å².